The zero-order valence-corrected chi connectivity index (χ0v) is 16.6. The molecule has 4 rings (SSSR count). The fraction of sp³-hybridized carbons (Fsp3) is 0.120. The van der Waals surface area contributed by atoms with Crippen molar-refractivity contribution < 1.29 is 13.9 Å². The van der Waals surface area contributed by atoms with Crippen molar-refractivity contribution in [3.05, 3.63) is 94.8 Å². The lowest BCUT2D eigenvalue weighted by atomic mass is 10.1. The maximum atomic E-state index is 12.4. The number of anilines is 1. The minimum Gasteiger partial charge on any atom is -0.484 e. The maximum Gasteiger partial charge on any atom is 0.344 e. The van der Waals surface area contributed by atoms with Gasteiger partial charge in [0.05, 0.1) is 5.56 Å². The van der Waals surface area contributed by atoms with Crippen molar-refractivity contribution in [2.75, 3.05) is 11.9 Å². The second-order valence-corrected chi connectivity index (χ2v) is 6.90. The number of hydrogen-bond acceptors (Lipinski definition) is 4. The summed E-state index contributed by atoms with van der Waals surface area (Å²) in [5, 5.41) is 3.64. The van der Waals surface area contributed by atoms with Gasteiger partial charge in [0.15, 0.2) is 6.61 Å². The van der Waals surface area contributed by atoms with Crippen molar-refractivity contribution in [3.63, 3.8) is 0 Å². The molecule has 0 aliphatic rings. The summed E-state index contributed by atoms with van der Waals surface area (Å²) >= 11 is 0. The van der Waals surface area contributed by atoms with Crippen molar-refractivity contribution in [1.29, 1.82) is 0 Å². The standard InChI is InChI=1S/C25H21NO4/c1-2-17-10-12-21(13-11-17)29-16-24(27)26-20-8-5-7-18(14-20)22-15-19-6-3-4-9-23(19)30-25(22)28/h3-15H,2,16H2,1H3,(H,26,27). The van der Waals surface area contributed by atoms with E-state index in [0.717, 1.165) is 11.8 Å². The van der Waals surface area contributed by atoms with Gasteiger partial charge >= 0.3 is 5.63 Å². The van der Waals surface area contributed by atoms with Gasteiger partial charge in [0.1, 0.15) is 11.3 Å². The monoisotopic (exact) mass is 399 g/mol. The Hall–Kier alpha value is -3.86. The minimum absolute atomic E-state index is 0.103. The van der Waals surface area contributed by atoms with Crippen molar-refractivity contribution in [2.45, 2.75) is 13.3 Å². The van der Waals surface area contributed by atoms with E-state index in [1.807, 2.05) is 48.5 Å². The van der Waals surface area contributed by atoms with E-state index in [2.05, 4.69) is 12.2 Å². The lowest BCUT2D eigenvalue weighted by molar-refractivity contribution is -0.118. The summed E-state index contributed by atoms with van der Waals surface area (Å²) in [5.74, 6) is 0.363. The number of rotatable bonds is 6. The number of fused-ring (bicyclic) bond motifs is 1. The first-order chi connectivity index (χ1) is 14.6. The molecule has 1 aromatic heterocycles. The van der Waals surface area contributed by atoms with E-state index in [1.54, 1.807) is 30.3 Å². The first-order valence-electron chi connectivity index (χ1n) is 9.77. The first kappa shape index (κ1) is 19.5. The average molecular weight is 399 g/mol. The molecule has 0 unspecified atom stereocenters. The Balaban J connectivity index is 1.47. The highest BCUT2D eigenvalue weighted by molar-refractivity contribution is 5.92. The van der Waals surface area contributed by atoms with Crippen LogP contribution >= 0.6 is 0 Å². The molecule has 3 aromatic carbocycles. The lowest BCUT2D eigenvalue weighted by Gasteiger charge is -2.09. The summed E-state index contributed by atoms with van der Waals surface area (Å²) in [6.45, 7) is 1.98. The van der Waals surface area contributed by atoms with Crippen molar-refractivity contribution >= 4 is 22.6 Å². The van der Waals surface area contributed by atoms with Crippen molar-refractivity contribution in [2.24, 2.45) is 0 Å². The second-order valence-electron chi connectivity index (χ2n) is 6.90. The lowest BCUT2D eigenvalue weighted by Crippen LogP contribution is -2.20. The molecule has 0 aliphatic heterocycles. The third-order valence-corrected chi connectivity index (χ3v) is 4.80. The molecule has 30 heavy (non-hydrogen) atoms. The van der Waals surface area contributed by atoms with E-state index in [1.165, 1.54) is 5.56 Å². The molecule has 5 nitrogen and oxygen atoms in total. The fourth-order valence-electron chi connectivity index (χ4n) is 3.19. The normalized spacial score (nSPS) is 10.7. The molecule has 150 valence electrons. The molecule has 0 atom stereocenters. The molecule has 0 fully saturated rings. The van der Waals surface area contributed by atoms with Crippen molar-refractivity contribution in [1.82, 2.24) is 0 Å². The van der Waals surface area contributed by atoms with Crippen LogP contribution in [0.2, 0.25) is 0 Å². The Morgan fingerprint density at radius 3 is 2.57 bits per heavy atom. The van der Waals surface area contributed by atoms with E-state index in [9.17, 15) is 9.59 Å². The molecule has 0 aliphatic carbocycles. The number of aryl methyl sites for hydroxylation is 1. The highest BCUT2D eigenvalue weighted by Crippen LogP contribution is 2.23. The third kappa shape index (κ3) is 4.41. The molecule has 0 spiro atoms. The van der Waals surface area contributed by atoms with Crippen LogP contribution in [0.5, 0.6) is 5.75 Å². The Bertz CT molecular complexity index is 1240. The van der Waals surface area contributed by atoms with Gasteiger partial charge in [-0.2, -0.15) is 0 Å². The van der Waals surface area contributed by atoms with E-state index in [0.29, 0.717) is 28.1 Å². The molecule has 1 N–H and O–H groups in total. The molecular weight excluding hydrogens is 378 g/mol. The molecular formula is C25H21NO4. The number of ether oxygens (including phenoxy) is 1. The zero-order chi connectivity index (χ0) is 20.9. The van der Waals surface area contributed by atoms with E-state index >= 15 is 0 Å². The molecule has 4 aromatic rings. The first-order valence-corrected chi connectivity index (χ1v) is 9.77. The maximum absolute atomic E-state index is 12.4. The quantitative estimate of drug-likeness (QED) is 0.461. The topological polar surface area (TPSA) is 68.5 Å². The number of carbonyl (C=O) groups is 1. The summed E-state index contributed by atoms with van der Waals surface area (Å²) in [5.41, 5.74) is 3.02. The summed E-state index contributed by atoms with van der Waals surface area (Å²) < 4.78 is 11.0. The van der Waals surface area contributed by atoms with Crippen LogP contribution in [0.3, 0.4) is 0 Å². The molecule has 1 amide bonds. The Labute approximate surface area is 173 Å². The average Bonchev–Trinajstić information content (AvgIpc) is 2.77. The van der Waals surface area contributed by atoms with Gasteiger partial charge in [-0.1, -0.05) is 49.4 Å². The van der Waals surface area contributed by atoms with Crippen LogP contribution in [0.4, 0.5) is 5.69 Å². The molecule has 0 saturated heterocycles. The number of carbonyl (C=O) groups excluding carboxylic acids is 1. The Morgan fingerprint density at radius 1 is 0.967 bits per heavy atom. The summed E-state index contributed by atoms with van der Waals surface area (Å²) in [4.78, 5) is 24.7. The summed E-state index contributed by atoms with van der Waals surface area (Å²) in [7, 11) is 0. The number of amides is 1. The second kappa shape index (κ2) is 8.66. The number of benzene rings is 3. The van der Waals surface area contributed by atoms with Gasteiger partial charge in [-0.25, -0.2) is 4.79 Å². The van der Waals surface area contributed by atoms with E-state index in [4.69, 9.17) is 9.15 Å². The van der Waals surface area contributed by atoms with Gasteiger partial charge in [0.2, 0.25) is 0 Å². The summed E-state index contributed by atoms with van der Waals surface area (Å²) in [6, 6.07) is 23.9. The van der Waals surface area contributed by atoms with Crippen LogP contribution in [0.25, 0.3) is 22.1 Å². The smallest absolute Gasteiger partial charge is 0.344 e. The predicted molar refractivity (Wildman–Crippen MR) is 118 cm³/mol. The van der Waals surface area contributed by atoms with Crippen LogP contribution < -0.4 is 15.7 Å². The molecule has 1 heterocycles. The third-order valence-electron chi connectivity index (χ3n) is 4.80. The number of nitrogens with one attached hydrogen (secondary N) is 1. The van der Waals surface area contributed by atoms with Gasteiger partial charge < -0.3 is 14.5 Å². The minimum atomic E-state index is -0.420. The van der Waals surface area contributed by atoms with Crippen LogP contribution in [-0.4, -0.2) is 12.5 Å². The van der Waals surface area contributed by atoms with Crippen LogP contribution in [0.1, 0.15) is 12.5 Å². The molecule has 5 heteroatoms. The van der Waals surface area contributed by atoms with Crippen LogP contribution in [-0.2, 0) is 11.2 Å². The van der Waals surface area contributed by atoms with Gasteiger partial charge in [0, 0.05) is 11.1 Å². The number of para-hydroxylation sites is 1. The van der Waals surface area contributed by atoms with E-state index < -0.39 is 5.63 Å². The Kier molecular flexibility index (Phi) is 5.61. The SMILES string of the molecule is CCc1ccc(OCC(=O)Nc2cccc(-c3cc4ccccc4oc3=O)c2)cc1. The molecule has 0 bridgehead atoms. The Morgan fingerprint density at radius 2 is 1.77 bits per heavy atom. The van der Waals surface area contributed by atoms with Gasteiger partial charge in [0.25, 0.3) is 5.91 Å². The van der Waals surface area contributed by atoms with Crippen molar-refractivity contribution in [3.8, 4) is 16.9 Å². The predicted octanol–water partition coefficient (Wildman–Crippen LogP) is 5.04. The summed E-state index contributed by atoms with van der Waals surface area (Å²) in [6.07, 6.45) is 0.951. The van der Waals surface area contributed by atoms with Gasteiger partial charge in [-0.3, -0.25) is 4.79 Å². The molecule has 0 radical (unpaired) electrons. The number of hydrogen-bond donors (Lipinski definition) is 1. The van der Waals surface area contributed by atoms with E-state index in [-0.39, 0.29) is 12.5 Å². The van der Waals surface area contributed by atoms with Crippen LogP contribution in [0.15, 0.2) is 88.1 Å². The highest BCUT2D eigenvalue weighted by atomic mass is 16.5. The van der Waals surface area contributed by atoms with Gasteiger partial charge in [-0.15, -0.1) is 0 Å². The van der Waals surface area contributed by atoms with Gasteiger partial charge in [-0.05, 0) is 53.9 Å². The largest absolute Gasteiger partial charge is 0.484 e. The van der Waals surface area contributed by atoms with Crippen LogP contribution in [0, 0.1) is 0 Å². The fourth-order valence-corrected chi connectivity index (χ4v) is 3.19. The zero-order valence-electron chi connectivity index (χ0n) is 16.6. The molecule has 0 saturated carbocycles. The highest BCUT2D eigenvalue weighted by Gasteiger charge is 2.10.